The molecule has 0 fully saturated rings. The number of halogens is 2. The number of hydrogen-bond donors (Lipinski definition) is 2. The van der Waals surface area contributed by atoms with Crippen molar-refractivity contribution in [1.29, 1.82) is 0 Å². The summed E-state index contributed by atoms with van der Waals surface area (Å²) in [4.78, 5) is 11.8. The second-order valence-electron chi connectivity index (χ2n) is 4.37. The molecule has 0 unspecified atom stereocenters. The van der Waals surface area contributed by atoms with Gasteiger partial charge in [0.25, 0.3) is 0 Å². The molecular weight excluding hydrogens is 279 g/mol. The van der Waals surface area contributed by atoms with Crippen LogP contribution >= 0.6 is 11.6 Å². The Balaban J connectivity index is 1.94. The van der Waals surface area contributed by atoms with Gasteiger partial charge >= 0.3 is 0 Å². The van der Waals surface area contributed by atoms with Gasteiger partial charge in [0.1, 0.15) is 0 Å². The third kappa shape index (κ3) is 3.71. The quantitative estimate of drug-likeness (QED) is 0.899. The van der Waals surface area contributed by atoms with Crippen LogP contribution in [0, 0.1) is 12.7 Å². The maximum Gasteiger partial charge on any atom is 0.243 e. The van der Waals surface area contributed by atoms with E-state index in [0.29, 0.717) is 5.69 Å². The highest BCUT2D eigenvalue weighted by atomic mass is 35.5. The molecular formula is C15H14ClFN2O. The number of nitrogens with one attached hydrogen (secondary N) is 2. The average molecular weight is 293 g/mol. The zero-order valence-electron chi connectivity index (χ0n) is 10.9. The summed E-state index contributed by atoms with van der Waals surface area (Å²) in [6.45, 7) is 1.90. The highest BCUT2D eigenvalue weighted by molar-refractivity contribution is 6.31. The van der Waals surface area contributed by atoms with Gasteiger partial charge in [0.2, 0.25) is 5.91 Å². The van der Waals surface area contributed by atoms with Gasteiger partial charge in [-0.05, 0) is 36.8 Å². The molecule has 5 heteroatoms. The number of amides is 1. The first-order valence-electron chi connectivity index (χ1n) is 6.10. The topological polar surface area (TPSA) is 41.1 Å². The van der Waals surface area contributed by atoms with Crippen LogP contribution in [-0.4, -0.2) is 12.5 Å². The molecule has 0 atom stereocenters. The van der Waals surface area contributed by atoms with Gasteiger partial charge in [0, 0.05) is 5.69 Å². The number of rotatable bonds is 4. The third-order valence-corrected chi connectivity index (χ3v) is 2.98. The largest absolute Gasteiger partial charge is 0.374 e. The molecule has 0 aliphatic carbocycles. The van der Waals surface area contributed by atoms with Gasteiger partial charge in [-0.1, -0.05) is 29.8 Å². The summed E-state index contributed by atoms with van der Waals surface area (Å²) in [7, 11) is 0. The Hall–Kier alpha value is -2.07. The second kappa shape index (κ2) is 6.39. The first kappa shape index (κ1) is 14.3. The summed E-state index contributed by atoms with van der Waals surface area (Å²) in [6.07, 6.45) is 0. The van der Waals surface area contributed by atoms with Crippen LogP contribution in [0.25, 0.3) is 0 Å². The summed E-state index contributed by atoms with van der Waals surface area (Å²) in [5, 5.41) is 5.47. The first-order valence-corrected chi connectivity index (χ1v) is 6.48. The predicted octanol–water partition coefficient (Wildman–Crippen LogP) is 3.84. The van der Waals surface area contributed by atoms with Gasteiger partial charge in [-0.25, -0.2) is 4.39 Å². The molecule has 0 bridgehead atoms. The lowest BCUT2D eigenvalue weighted by Gasteiger charge is -2.09. The number of carbonyl (C=O) groups is 1. The van der Waals surface area contributed by atoms with Crippen molar-refractivity contribution < 1.29 is 9.18 Å². The molecule has 0 saturated carbocycles. The maximum absolute atomic E-state index is 13.6. The number of carbonyl (C=O) groups excluding carboxylic acids is 1. The van der Waals surface area contributed by atoms with Gasteiger partial charge < -0.3 is 10.6 Å². The molecule has 0 heterocycles. The van der Waals surface area contributed by atoms with Crippen molar-refractivity contribution in [1.82, 2.24) is 0 Å². The van der Waals surface area contributed by atoms with E-state index in [1.54, 1.807) is 12.1 Å². The summed E-state index contributed by atoms with van der Waals surface area (Å²) >= 11 is 5.66. The predicted molar refractivity (Wildman–Crippen MR) is 79.7 cm³/mol. The van der Waals surface area contributed by atoms with Crippen LogP contribution in [0.1, 0.15) is 5.56 Å². The summed E-state index contributed by atoms with van der Waals surface area (Å²) < 4.78 is 13.6. The third-order valence-electron chi connectivity index (χ3n) is 2.69. The van der Waals surface area contributed by atoms with Gasteiger partial charge in [-0.2, -0.15) is 0 Å². The summed E-state index contributed by atoms with van der Waals surface area (Å²) in [5.41, 5.74) is 1.97. The van der Waals surface area contributed by atoms with E-state index in [-0.39, 0.29) is 23.2 Å². The van der Waals surface area contributed by atoms with Crippen molar-refractivity contribution in [3.63, 3.8) is 0 Å². The minimum atomic E-state index is -0.558. The SMILES string of the molecule is Cc1cccc(NC(=O)CNc2cccc(Cl)c2F)c1. The fourth-order valence-corrected chi connectivity index (χ4v) is 1.92. The van der Waals surface area contributed by atoms with Crippen LogP contribution in [-0.2, 0) is 4.79 Å². The van der Waals surface area contributed by atoms with Crippen molar-refractivity contribution >= 4 is 28.9 Å². The van der Waals surface area contributed by atoms with Crippen LogP contribution < -0.4 is 10.6 Å². The van der Waals surface area contributed by atoms with Gasteiger partial charge in [0.15, 0.2) is 5.82 Å². The lowest BCUT2D eigenvalue weighted by Crippen LogP contribution is -2.22. The molecule has 0 aliphatic rings. The van der Waals surface area contributed by atoms with Crippen LogP contribution in [0.5, 0.6) is 0 Å². The molecule has 2 N–H and O–H groups in total. The zero-order chi connectivity index (χ0) is 14.5. The molecule has 0 aromatic heterocycles. The van der Waals surface area contributed by atoms with E-state index >= 15 is 0 Å². The normalized spacial score (nSPS) is 10.2. The lowest BCUT2D eigenvalue weighted by atomic mass is 10.2. The van der Waals surface area contributed by atoms with Crippen LogP contribution in [0.2, 0.25) is 5.02 Å². The van der Waals surface area contributed by atoms with Crippen molar-refractivity contribution in [2.24, 2.45) is 0 Å². The van der Waals surface area contributed by atoms with E-state index in [9.17, 15) is 9.18 Å². The fourth-order valence-electron chi connectivity index (χ4n) is 1.74. The molecule has 3 nitrogen and oxygen atoms in total. The average Bonchev–Trinajstić information content (AvgIpc) is 2.40. The molecule has 1 amide bonds. The Kier molecular flexibility index (Phi) is 4.58. The smallest absolute Gasteiger partial charge is 0.243 e. The Morgan fingerprint density at radius 2 is 2.00 bits per heavy atom. The minimum Gasteiger partial charge on any atom is -0.374 e. The van der Waals surface area contributed by atoms with Crippen molar-refractivity contribution in [3.05, 3.63) is 58.9 Å². The number of benzene rings is 2. The molecule has 0 aliphatic heterocycles. The van der Waals surface area contributed by atoms with Crippen LogP contribution in [0.3, 0.4) is 0 Å². The molecule has 0 radical (unpaired) electrons. The van der Waals surface area contributed by atoms with Crippen LogP contribution in [0.4, 0.5) is 15.8 Å². The summed E-state index contributed by atoms with van der Waals surface area (Å²) in [6, 6.07) is 12.1. The van der Waals surface area contributed by atoms with Crippen molar-refractivity contribution in [2.75, 3.05) is 17.2 Å². The van der Waals surface area contributed by atoms with Gasteiger partial charge in [0.05, 0.1) is 17.3 Å². The first-order chi connectivity index (χ1) is 9.56. The number of aryl methyl sites for hydroxylation is 1. The van der Waals surface area contributed by atoms with E-state index in [0.717, 1.165) is 5.56 Å². The standard InChI is InChI=1S/C15H14ClFN2O/c1-10-4-2-5-11(8-10)19-14(20)9-18-13-7-3-6-12(16)15(13)17/h2-8,18H,9H2,1H3,(H,19,20). The molecule has 104 valence electrons. The second-order valence-corrected chi connectivity index (χ2v) is 4.78. The Labute approximate surface area is 121 Å². The molecule has 2 aromatic carbocycles. The lowest BCUT2D eigenvalue weighted by molar-refractivity contribution is -0.114. The van der Waals surface area contributed by atoms with Crippen molar-refractivity contribution in [3.8, 4) is 0 Å². The summed E-state index contributed by atoms with van der Waals surface area (Å²) in [5.74, 6) is -0.813. The van der Waals surface area contributed by atoms with Crippen LogP contribution in [0.15, 0.2) is 42.5 Å². The van der Waals surface area contributed by atoms with E-state index in [1.165, 1.54) is 12.1 Å². The van der Waals surface area contributed by atoms with E-state index in [2.05, 4.69) is 10.6 Å². The van der Waals surface area contributed by atoms with E-state index in [4.69, 9.17) is 11.6 Å². The molecule has 0 saturated heterocycles. The molecule has 2 rings (SSSR count). The fraction of sp³-hybridized carbons (Fsp3) is 0.133. The van der Waals surface area contributed by atoms with E-state index in [1.807, 2.05) is 25.1 Å². The highest BCUT2D eigenvalue weighted by Gasteiger charge is 2.08. The Morgan fingerprint density at radius 1 is 1.25 bits per heavy atom. The van der Waals surface area contributed by atoms with E-state index < -0.39 is 5.82 Å². The molecule has 0 spiro atoms. The van der Waals surface area contributed by atoms with Gasteiger partial charge in [-0.3, -0.25) is 4.79 Å². The minimum absolute atomic E-state index is 0.0223. The maximum atomic E-state index is 13.6. The monoisotopic (exact) mass is 292 g/mol. The number of anilines is 2. The molecule has 2 aromatic rings. The Bertz CT molecular complexity index is 631. The van der Waals surface area contributed by atoms with Gasteiger partial charge in [-0.15, -0.1) is 0 Å². The molecule has 20 heavy (non-hydrogen) atoms. The highest BCUT2D eigenvalue weighted by Crippen LogP contribution is 2.21. The number of hydrogen-bond acceptors (Lipinski definition) is 2. The Morgan fingerprint density at radius 3 is 2.75 bits per heavy atom. The van der Waals surface area contributed by atoms with Crippen molar-refractivity contribution in [2.45, 2.75) is 6.92 Å². The zero-order valence-corrected chi connectivity index (χ0v) is 11.7.